The largest absolute Gasteiger partial charge is 0.466 e. The fraction of sp³-hybridized carbons (Fsp3) is 0.286. The highest BCUT2D eigenvalue weighted by molar-refractivity contribution is 7.13. The van der Waals surface area contributed by atoms with E-state index in [2.05, 4.69) is 14.7 Å². The Bertz CT molecular complexity index is 766. The molecular formula is C14H13F3N4O3S. The van der Waals surface area contributed by atoms with Crippen LogP contribution in [0.3, 0.4) is 0 Å². The minimum absolute atomic E-state index is 0.155. The molecule has 0 saturated heterocycles. The van der Waals surface area contributed by atoms with Gasteiger partial charge >= 0.3 is 17.8 Å². The second-order valence-electron chi connectivity index (χ2n) is 4.85. The van der Waals surface area contributed by atoms with Crippen LogP contribution in [0.1, 0.15) is 16.1 Å². The number of anilines is 1. The summed E-state index contributed by atoms with van der Waals surface area (Å²) < 4.78 is 45.6. The number of hydrogen-bond acceptors (Lipinski definition) is 7. The van der Waals surface area contributed by atoms with Gasteiger partial charge in [-0.2, -0.15) is 13.2 Å². The first-order chi connectivity index (χ1) is 11.7. The van der Waals surface area contributed by atoms with Crippen LogP contribution in [0, 0.1) is 6.92 Å². The van der Waals surface area contributed by atoms with Gasteiger partial charge in [-0.15, -0.1) is 11.3 Å². The van der Waals surface area contributed by atoms with Crippen molar-refractivity contribution in [1.82, 2.24) is 15.3 Å². The molecule has 11 heteroatoms. The monoisotopic (exact) mass is 374 g/mol. The highest BCUT2D eigenvalue weighted by atomic mass is 32.1. The molecule has 7 nitrogen and oxygen atoms in total. The fourth-order valence-corrected chi connectivity index (χ4v) is 2.60. The molecule has 1 atom stereocenters. The summed E-state index contributed by atoms with van der Waals surface area (Å²) in [5, 5.41) is 4.92. The van der Waals surface area contributed by atoms with Gasteiger partial charge in [0.15, 0.2) is 5.13 Å². The van der Waals surface area contributed by atoms with E-state index in [0.29, 0.717) is 5.69 Å². The summed E-state index contributed by atoms with van der Waals surface area (Å²) in [5.74, 6) is -2.89. The molecular weight excluding hydrogens is 361 g/mol. The molecule has 0 unspecified atom stereocenters. The van der Waals surface area contributed by atoms with E-state index in [-0.39, 0.29) is 10.7 Å². The van der Waals surface area contributed by atoms with Gasteiger partial charge in [0.05, 0.1) is 18.4 Å². The number of alkyl halides is 3. The molecule has 0 aliphatic carbocycles. The quantitative estimate of drug-likeness (QED) is 0.615. The number of carbonyl (C=O) groups is 2. The van der Waals surface area contributed by atoms with Crippen LogP contribution in [0.15, 0.2) is 29.9 Å². The van der Waals surface area contributed by atoms with Gasteiger partial charge in [0.1, 0.15) is 0 Å². The first kappa shape index (κ1) is 18.6. The molecule has 0 aliphatic heterocycles. The molecule has 0 saturated carbocycles. The number of aryl methyl sites for hydroxylation is 1. The van der Waals surface area contributed by atoms with E-state index in [1.165, 1.54) is 23.7 Å². The number of ether oxygens (including phenoxy) is 1. The number of halogens is 3. The van der Waals surface area contributed by atoms with Crippen LogP contribution < -0.4 is 10.6 Å². The number of carbonyl (C=O) groups excluding carboxylic acids is 2. The molecule has 2 heterocycles. The van der Waals surface area contributed by atoms with Gasteiger partial charge in [0.2, 0.25) is 0 Å². The topological polar surface area (TPSA) is 93.2 Å². The van der Waals surface area contributed by atoms with E-state index >= 15 is 0 Å². The standard InChI is InChI=1S/C14H13F3N4O3S/c1-8-7-25-12(19-8)21-13(11(23)24-2,14(15,16)17)20-10(22)9-4-3-5-18-6-9/h3-7H,1-2H3,(H,19,21)(H,20,22)/t13-/m1/s1. The lowest BCUT2D eigenvalue weighted by Gasteiger charge is -2.34. The molecule has 0 fully saturated rings. The van der Waals surface area contributed by atoms with Gasteiger partial charge in [-0.25, -0.2) is 9.78 Å². The maximum atomic E-state index is 13.8. The molecule has 1 amide bonds. The van der Waals surface area contributed by atoms with Crippen LogP contribution in [0.25, 0.3) is 0 Å². The lowest BCUT2D eigenvalue weighted by atomic mass is 10.1. The Balaban J connectivity index is 2.46. The maximum Gasteiger partial charge on any atom is 0.442 e. The summed E-state index contributed by atoms with van der Waals surface area (Å²) in [6.07, 6.45) is -2.79. The third-order valence-electron chi connectivity index (χ3n) is 3.05. The molecule has 2 aromatic rings. The molecule has 134 valence electrons. The minimum atomic E-state index is -5.21. The van der Waals surface area contributed by atoms with E-state index < -0.39 is 23.7 Å². The second-order valence-corrected chi connectivity index (χ2v) is 5.71. The Morgan fingerprint density at radius 1 is 1.32 bits per heavy atom. The number of rotatable bonds is 5. The summed E-state index contributed by atoms with van der Waals surface area (Å²) >= 11 is 0.850. The molecule has 2 aromatic heterocycles. The minimum Gasteiger partial charge on any atom is -0.466 e. The molecule has 2 N–H and O–H groups in total. The molecule has 0 spiro atoms. The van der Waals surface area contributed by atoms with Crippen molar-refractivity contribution < 1.29 is 27.5 Å². The second kappa shape index (κ2) is 7.05. The Kier molecular flexibility index (Phi) is 5.26. The first-order valence-corrected chi connectivity index (χ1v) is 7.65. The van der Waals surface area contributed by atoms with Crippen LogP contribution in [0.2, 0.25) is 0 Å². The Labute approximate surface area is 144 Å². The maximum absolute atomic E-state index is 13.8. The number of thiazole rings is 1. The average molecular weight is 374 g/mol. The number of hydrogen-bond donors (Lipinski definition) is 2. The zero-order valence-electron chi connectivity index (χ0n) is 13.0. The Hall–Kier alpha value is -2.69. The van der Waals surface area contributed by atoms with Crippen molar-refractivity contribution in [2.24, 2.45) is 0 Å². The van der Waals surface area contributed by atoms with Gasteiger partial charge in [0.25, 0.3) is 5.91 Å². The SMILES string of the molecule is COC(=O)[C@@](NC(=O)c1cccnc1)(Nc1nc(C)cs1)C(F)(F)F. The normalized spacial score (nSPS) is 13.6. The van der Waals surface area contributed by atoms with E-state index in [4.69, 9.17) is 0 Å². The molecule has 0 radical (unpaired) electrons. The van der Waals surface area contributed by atoms with E-state index in [9.17, 15) is 22.8 Å². The number of esters is 1. The highest BCUT2D eigenvalue weighted by Crippen LogP contribution is 2.34. The van der Waals surface area contributed by atoms with Crippen LogP contribution in [-0.2, 0) is 9.53 Å². The summed E-state index contributed by atoms with van der Waals surface area (Å²) in [5.41, 5.74) is -3.21. The summed E-state index contributed by atoms with van der Waals surface area (Å²) in [7, 11) is 0.786. The average Bonchev–Trinajstić information content (AvgIpc) is 2.98. The van der Waals surface area contributed by atoms with Crippen molar-refractivity contribution in [3.05, 3.63) is 41.2 Å². The third-order valence-corrected chi connectivity index (χ3v) is 3.93. The molecule has 2 rings (SSSR count). The van der Waals surface area contributed by atoms with Gasteiger partial charge in [-0.1, -0.05) is 0 Å². The molecule has 0 aromatic carbocycles. The van der Waals surface area contributed by atoms with E-state index in [1.807, 2.05) is 5.32 Å². The summed E-state index contributed by atoms with van der Waals surface area (Å²) in [6, 6.07) is 2.63. The summed E-state index contributed by atoms with van der Waals surface area (Å²) in [6.45, 7) is 1.57. The van der Waals surface area contributed by atoms with Crippen LogP contribution in [0.4, 0.5) is 18.3 Å². The Morgan fingerprint density at radius 2 is 2.04 bits per heavy atom. The van der Waals surface area contributed by atoms with E-state index in [0.717, 1.165) is 24.6 Å². The van der Waals surface area contributed by atoms with Crippen molar-refractivity contribution in [3.8, 4) is 0 Å². The van der Waals surface area contributed by atoms with Crippen LogP contribution in [-0.4, -0.2) is 40.8 Å². The summed E-state index contributed by atoms with van der Waals surface area (Å²) in [4.78, 5) is 31.7. The predicted octanol–water partition coefficient (Wildman–Crippen LogP) is 2.12. The van der Waals surface area contributed by atoms with Crippen molar-refractivity contribution in [3.63, 3.8) is 0 Å². The lowest BCUT2D eigenvalue weighted by molar-refractivity contribution is -0.203. The fourth-order valence-electron chi connectivity index (χ4n) is 1.86. The zero-order valence-corrected chi connectivity index (χ0v) is 13.9. The predicted molar refractivity (Wildman–Crippen MR) is 83.0 cm³/mol. The lowest BCUT2D eigenvalue weighted by Crippen LogP contribution is -2.69. The molecule has 25 heavy (non-hydrogen) atoms. The number of nitrogens with zero attached hydrogens (tertiary/aromatic N) is 2. The first-order valence-electron chi connectivity index (χ1n) is 6.77. The number of aromatic nitrogens is 2. The van der Waals surface area contributed by atoms with Crippen molar-refractivity contribution >= 4 is 28.3 Å². The number of nitrogens with one attached hydrogen (secondary N) is 2. The number of methoxy groups -OCH3 is 1. The van der Waals surface area contributed by atoms with Crippen LogP contribution in [0.5, 0.6) is 0 Å². The highest BCUT2D eigenvalue weighted by Gasteiger charge is 2.64. The number of pyridine rings is 1. The number of amides is 1. The van der Waals surface area contributed by atoms with E-state index in [1.54, 1.807) is 12.2 Å². The smallest absolute Gasteiger partial charge is 0.442 e. The van der Waals surface area contributed by atoms with Crippen LogP contribution >= 0.6 is 11.3 Å². The van der Waals surface area contributed by atoms with Gasteiger partial charge < -0.3 is 15.4 Å². The third kappa shape index (κ3) is 3.87. The molecule has 0 aliphatic rings. The van der Waals surface area contributed by atoms with Crippen molar-refractivity contribution in [2.45, 2.75) is 18.8 Å². The zero-order chi connectivity index (χ0) is 18.7. The molecule has 0 bridgehead atoms. The van der Waals surface area contributed by atoms with Crippen molar-refractivity contribution in [1.29, 1.82) is 0 Å². The Morgan fingerprint density at radius 3 is 2.52 bits per heavy atom. The van der Waals surface area contributed by atoms with Gasteiger partial charge in [0, 0.05) is 17.8 Å². The van der Waals surface area contributed by atoms with Gasteiger partial charge in [-0.05, 0) is 19.1 Å². The van der Waals surface area contributed by atoms with Gasteiger partial charge in [-0.3, -0.25) is 9.78 Å². The van der Waals surface area contributed by atoms with Crippen molar-refractivity contribution in [2.75, 3.05) is 12.4 Å².